The van der Waals surface area contributed by atoms with Crippen LogP contribution in [-0.4, -0.2) is 20.3 Å². The third kappa shape index (κ3) is 4.53. The average molecular weight is 274 g/mol. The zero-order valence-electron chi connectivity index (χ0n) is 8.83. The molecule has 0 atom stereocenters. The Labute approximate surface area is 98.7 Å². The number of hydrogen-bond donors (Lipinski definition) is 1. The summed E-state index contributed by atoms with van der Waals surface area (Å²) in [5.41, 5.74) is 6.45. The van der Waals surface area contributed by atoms with Gasteiger partial charge in [-0.2, -0.15) is 0 Å². The lowest BCUT2D eigenvalue weighted by atomic mass is 10.3. The number of rotatable bonds is 6. The Hall–Kier alpha value is -0.740. The molecule has 0 aromatic heterocycles. The maximum Gasteiger partial charge on any atom is 0.142 e. The normalized spacial score (nSPS) is 10.3. The van der Waals surface area contributed by atoms with Crippen molar-refractivity contribution in [3.8, 4) is 5.75 Å². The molecule has 15 heavy (non-hydrogen) atoms. The molecule has 0 aliphatic carbocycles. The van der Waals surface area contributed by atoms with Crippen LogP contribution in [0.15, 0.2) is 22.7 Å². The first kappa shape index (κ1) is 12.3. The minimum absolute atomic E-state index is 0.663. The summed E-state index contributed by atoms with van der Waals surface area (Å²) in [5.74, 6) is 0.746. The van der Waals surface area contributed by atoms with Gasteiger partial charge in [0.1, 0.15) is 5.75 Å². The van der Waals surface area contributed by atoms with Gasteiger partial charge in [0.05, 0.1) is 12.3 Å². The first-order valence-corrected chi connectivity index (χ1v) is 5.70. The Morgan fingerprint density at radius 2 is 2.00 bits per heavy atom. The van der Waals surface area contributed by atoms with Crippen LogP contribution < -0.4 is 10.5 Å². The number of halogens is 1. The van der Waals surface area contributed by atoms with Gasteiger partial charge in [0, 0.05) is 18.2 Å². The third-order valence-electron chi connectivity index (χ3n) is 1.97. The highest BCUT2D eigenvalue weighted by atomic mass is 79.9. The van der Waals surface area contributed by atoms with Crippen molar-refractivity contribution in [1.82, 2.24) is 0 Å². The van der Waals surface area contributed by atoms with E-state index < -0.39 is 0 Å². The van der Waals surface area contributed by atoms with Gasteiger partial charge in [-0.1, -0.05) is 15.9 Å². The van der Waals surface area contributed by atoms with Crippen LogP contribution in [-0.2, 0) is 4.74 Å². The van der Waals surface area contributed by atoms with Crippen LogP contribution in [0.5, 0.6) is 5.75 Å². The molecule has 0 saturated heterocycles. The van der Waals surface area contributed by atoms with Crippen molar-refractivity contribution in [3.63, 3.8) is 0 Å². The second-order valence-electron chi connectivity index (χ2n) is 3.23. The van der Waals surface area contributed by atoms with E-state index in [1.54, 1.807) is 7.11 Å². The van der Waals surface area contributed by atoms with Crippen LogP contribution in [0, 0.1) is 0 Å². The van der Waals surface area contributed by atoms with E-state index in [1.807, 2.05) is 18.2 Å². The highest BCUT2D eigenvalue weighted by Gasteiger charge is 2.00. The SMILES string of the molecule is COCCCCOc1ccc(Br)cc1N. The molecule has 2 N–H and O–H groups in total. The molecule has 0 heterocycles. The first-order chi connectivity index (χ1) is 7.24. The summed E-state index contributed by atoms with van der Waals surface area (Å²) >= 11 is 3.35. The predicted molar refractivity (Wildman–Crippen MR) is 65.2 cm³/mol. The largest absolute Gasteiger partial charge is 0.491 e. The lowest BCUT2D eigenvalue weighted by Crippen LogP contribution is -2.01. The molecule has 0 fully saturated rings. The topological polar surface area (TPSA) is 44.5 Å². The maximum atomic E-state index is 5.78. The lowest BCUT2D eigenvalue weighted by molar-refractivity contribution is 0.184. The van der Waals surface area contributed by atoms with Crippen molar-refractivity contribution in [3.05, 3.63) is 22.7 Å². The van der Waals surface area contributed by atoms with Gasteiger partial charge in [0.15, 0.2) is 0 Å². The summed E-state index contributed by atoms with van der Waals surface area (Å²) in [7, 11) is 1.70. The van der Waals surface area contributed by atoms with E-state index in [-0.39, 0.29) is 0 Å². The first-order valence-electron chi connectivity index (χ1n) is 4.91. The maximum absolute atomic E-state index is 5.78. The Morgan fingerprint density at radius 1 is 1.27 bits per heavy atom. The van der Waals surface area contributed by atoms with E-state index in [2.05, 4.69) is 15.9 Å². The number of benzene rings is 1. The molecule has 0 bridgehead atoms. The van der Waals surface area contributed by atoms with Crippen LogP contribution >= 0.6 is 15.9 Å². The number of ether oxygens (including phenoxy) is 2. The molecule has 1 aromatic rings. The molecule has 1 aromatic carbocycles. The van der Waals surface area contributed by atoms with Crippen LogP contribution in [0.2, 0.25) is 0 Å². The Morgan fingerprint density at radius 3 is 2.67 bits per heavy atom. The highest BCUT2D eigenvalue weighted by molar-refractivity contribution is 9.10. The predicted octanol–water partition coefficient (Wildman–Crippen LogP) is 2.84. The number of nitrogens with two attached hydrogens (primary N) is 1. The third-order valence-corrected chi connectivity index (χ3v) is 2.47. The Bertz CT molecular complexity index is 305. The molecule has 0 saturated carbocycles. The number of unbranched alkanes of at least 4 members (excludes halogenated alkanes) is 1. The zero-order chi connectivity index (χ0) is 11.1. The van der Waals surface area contributed by atoms with E-state index >= 15 is 0 Å². The van der Waals surface area contributed by atoms with Gasteiger partial charge >= 0.3 is 0 Å². The molecule has 0 aliphatic rings. The van der Waals surface area contributed by atoms with Gasteiger partial charge in [0.2, 0.25) is 0 Å². The van der Waals surface area contributed by atoms with Gasteiger partial charge in [-0.15, -0.1) is 0 Å². The quantitative estimate of drug-likeness (QED) is 0.640. The molecule has 1 rings (SSSR count). The van der Waals surface area contributed by atoms with E-state index in [9.17, 15) is 0 Å². The molecule has 0 spiro atoms. The van der Waals surface area contributed by atoms with Crippen LogP contribution in [0.1, 0.15) is 12.8 Å². The van der Waals surface area contributed by atoms with E-state index in [4.69, 9.17) is 15.2 Å². The summed E-state index contributed by atoms with van der Waals surface area (Å²) in [4.78, 5) is 0. The summed E-state index contributed by atoms with van der Waals surface area (Å²) in [6, 6.07) is 5.63. The number of anilines is 1. The Kier molecular flexibility index (Phi) is 5.50. The van der Waals surface area contributed by atoms with Gasteiger partial charge in [-0.05, 0) is 31.0 Å². The minimum Gasteiger partial charge on any atom is -0.491 e. The summed E-state index contributed by atoms with van der Waals surface area (Å²) in [5, 5.41) is 0. The number of nitrogen functional groups attached to an aromatic ring is 1. The van der Waals surface area contributed by atoms with Crippen molar-refractivity contribution in [2.45, 2.75) is 12.8 Å². The van der Waals surface area contributed by atoms with Gasteiger partial charge in [-0.25, -0.2) is 0 Å². The van der Waals surface area contributed by atoms with Crippen LogP contribution in [0.3, 0.4) is 0 Å². The highest BCUT2D eigenvalue weighted by Crippen LogP contribution is 2.25. The van der Waals surface area contributed by atoms with E-state index in [0.717, 1.165) is 29.7 Å². The fraction of sp³-hybridized carbons (Fsp3) is 0.455. The number of methoxy groups -OCH3 is 1. The molecule has 84 valence electrons. The number of hydrogen-bond acceptors (Lipinski definition) is 3. The van der Waals surface area contributed by atoms with E-state index in [0.29, 0.717) is 12.3 Å². The molecule has 3 nitrogen and oxygen atoms in total. The molecule has 0 aliphatic heterocycles. The molecule has 4 heteroatoms. The van der Waals surface area contributed by atoms with Crippen molar-refractivity contribution in [2.24, 2.45) is 0 Å². The summed E-state index contributed by atoms with van der Waals surface area (Å²) in [6.07, 6.45) is 1.98. The molecule has 0 unspecified atom stereocenters. The van der Waals surface area contributed by atoms with Gasteiger partial charge in [0.25, 0.3) is 0 Å². The van der Waals surface area contributed by atoms with Gasteiger partial charge < -0.3 is 15.2 Å². The van der Waals surface area contributed by atoms with Crippen molar-refractivity contribution >= 4 is 21.6 Å². The smallest absolute Gasteiger partial charge is 0.142 e. The second-order valence-corrected chi connectivity index (χ2v) is 4.15. The second kappa shape index (κ2) is 6.69. The Balaban J connectivity index is 2.31. The van der Waals surface area contributed by atoms with Gasteiger partial charge in [-0.3, -0.25) is 0 Å². The minimum atomic E-state index is 0.663. The van der Waals surface area contributed by atoms with Crippen LogP contribution in [0.4, 0.5) is 5.69 Å². The molecular weight excluding hydrogens is 258 g/mol. The fourth-order valence-corrected chi connectivity index (χ4v) is 1.56. The zero-order valence-corrected chi connectivity index (χ0v) is 10.4. The fourth-order valence-electron chi connectivity index (χ4n) is 1.18. The molecule has 0 radical (unpaired) electrons. The van der Waals surface area contributed by atoms with Crippen molar-refractivity contribution in [2.75, 3.05) is 26.1 Å². The van der Waals surface area contributed by atoms with Crippen molar-refractivity contribution < 1.29 is 9.47 Å². The molecule has 0 amide bonds. The lowest BCUT2D eigenvalue weighted by Gasteiger charge is -2.08. The summed E-state index contributed by atoms with van der Waals surface area (Å²) < 4.78 is 11.4. The summed E-state index contributed by atoms with van der Waals surface area (Å²) in [6.45, 7) is 1.45. The standard InChI is InChI=1S/C11H16BrNO2/c1-14-6-2-3-7-15-11-5-4-9(12)8-10(11)13/h4-5,8H,2-3,6-7,13H2,1H3. The van der Waals surface area contributed by atoms with Crippen molar-refractivity contribution in [1.29, 1.82) is 0 Å². The average Bonchev–Trinajstić information content (AvgIpc) is 2.20. The monoisotopic (exact) mass is 273 g/mol. The van der Waals surface area contributed by atoms with E-state index in [1.165, 1.54) is 0 Å². The molecular formula is C11H16BrNO2. The van der Waals surface area contributed by atoms with Crippen LogP contribution in [0.25, 0.3) is 0 Å².